The Bertz CT molecular complexity index is 807. The van der Waals surface area contributed by atoms with Crippen molar-refractivity contribution in [2.45, 2.75) is 45.6 Å². The van der Waals surface area contributed by atoms with Gasteiger partial charge in [0.2, 0.25) is 0 Å². The molecule has 1 amide bonds. The molecule has 0 spiro atoms. The van der Waals surface area contributed by atoms with E-state index in [2.05, 4.69) is 52.4 Å². The molecule has 33 heavy (non-hydrogen) atoms. The molecular formula is C27H39N3O3. The van der Waals surface area contributed by atoms with Gasteiger partial charge in [-0.05, 0) is 24.1 Å². The van der Waals surface area contributed by atoms with E-state index >= 15 is 0 Å². The fourth-order valence-corrected chi connectivity index (χ4v) is 4.01. The average Bonchev–Trinajstić information content (AvgIpc) is 2.84. The van der Waals surface area contributed by atoms with Gasteiger partial charge in [0.1, 0.15) is 12.4 Å². The summed E-state index contributed by atoms with van der Waals surface area (Å²) in [6.45, 7) is 9.05. The molecule has 0 unspecified atom stereocenters. The molecule has 1 saturated heterocycles. The quantitative estimate of drug-likeness (QED) is 0.412. The summed E-state index contributed by atoms with van der Waals surface area (Å²) in [5.74, 6) is 0.694. The van der Waals surface area contributed by atoms with Gasteiger partial charge in [0, 0.05) is 39.3 Å². The highest BCUT2D eigenvalue weighted by Gasteiger charge is 2.17. The van der Waals surface area contributed by atoms with Crippen molar-refractivity contribution in [2.24, 2.45) is 0 Å². The van der Waals surface area contributed by atoms with Crippen molar-refractivity contribution in [1.29, 1.82) is 0 Å². The Balaban J connectivity index is 1.31. The Morgan fingerprint density at radius 1 is 0.848 bits per heavy atom. The molecule has 1 fully saturated rings. The van der Waals surface area contributed by atoms with Gasteiger partial charge in [-0.2, -0.15) is 0 Å². The molecule has 3 rings (SSSR count). The van der Waals surface area contributed by atoms with Crippen molar-refractivity contribution in [3.8, 4) is 5.75 Å². The third-order valence-electron chi connectivity index (χ3n) is 5.98. The number of carbonyl (C=O) groups is 1. The van der Waals surface area contributed by atoms with Gasteiger partial charge in [-0.25, -0.2) is 4.79 Å². The lowest BCUT2D eigenvalue weighted by Crippen LogP contribution is -2.46. The van der Waals surface area contributed by atoms with Gasteiger partial charge in [0.15, 0.2) is 0 Å². The van der Waals surface area contributed by atoms with Gasteiger partial charge < -0.3 is 9.47 Å². The van der Waals surface area contributed by atoms with Crippen molar-refractivity contribution >= 4 is 11.8 Å². The number of unbranched alkanes of at least 4 members (excludes halogenated alkanes) is 4. The van der Waals surface area contributed by atoms with Crippen molar-refractivity contribution in [3.05, 3.63) is 60.2 Å². The van der Waals surface area contributed by atoms with E-state index in [9.17, 15) is 4.79 Å². The Labute approximate surface area is 198 Å². The van der Waals surface area contributed by atoms with Crippen molar-refractivity contribution in [2.75, 3.05) is 51.3 Å². The van der Waals surface area contributed by atoms with Crippen LogP contribution in [0.2, 0.25) is 0 Å². The summed E-state index contributed by atoms with van der Waals surface area (Å²) < 4.78 is 11.3. The largest absolute Gasteiger partial charge is 0.491 e. The number of rotatable bonds is 13. The van der Waals surface area contributed by atoms with Crippen molar-refractivity contribution in [3.63, 3.8) is 0 Å². The molecule has 1 heterocycles. The minimum Gasteiger partial charge on any atom is -0.491 e. The molecule has 6 nitrogen and oxygen atoms in total. The topological polar surface area (TPSA) is 54.0 Å². The minimum absolute atomic E-state index is 0.380. The second kappa shape index (κ2) is 14.6. The third kappa shape index (κ3) is 9.44. The first kappa shape index (κ1) is 25.1. The molecule has 2 aromatic rings. The standard InChI is InChI=1S/C27H39N3O3/c1-2-3-4-5-11-21-32-26-15-10-9-14-25(26)28-27(31)33-22-20-29-16-18-30(19-17-29)23-24-12-7-6-8-13-24/h6-10,12-15H,2-5,11,16-23H2,1H3,(H,28,31). The van der Waals surface area contributed by atoms with Crippen molar-refractivity contribution < 1.29 is 14.3 Å². The molecule has 0 bridgehead atoms. The maximum Gasteiger partial charge on any atom is 0.411 e. The van der Waals surface area contributed by atoms with Gasteiger partial charge in [-0.3, -0.25) is 15.1 Å². The molecule has 0 aromatic heterocycles. The van der Waals surface area contributed by atoms with Crippen LogP contribution in [-0.2, 0) is 11.3 Å². The summed E-state index contributed by atoms with van der Waals surface area (Å²) in [5.41, 5.74) is 2.01. The predicted molar refractivity (Wildman–Crippen MR) is 134 cm³/mol. The number of hydrogen-bond donors (Lipinski definition) is 1. The van der Waals surface area contributed by atoms with Gasteiger partial charge in [-0.15, -0.1) is 0 Å². The van der Waals surface area contributed by atoms with E-state index in [4.69, 9.17) is 9.47 Å². The maximum absolute atomic E-state index is 12.3. The maximum atomic E-state index is 12.3. The number of piperazine rings is 1. The van der Waals surface area contributed by atoms with E-state index in [1.54, 1.807) is 0 Å². The molecule has 0 radical (unpaired) electrons. The molecule has 6 heteroatoms. The molecule has 0 aliphatic carbocycles. The summed E-state index contributed by atoms with van der Waals surface area (Å²) in [6, 6.07) is 18.1. The van der Waals surface area contributed by atoms with E-state index in [1.807, 2.05) is 24.3 Å². The molecule has 0 atom stereocenters. The summed E-state index contributed by atoms with van der Waals surface area (Å²) >= 11 is 0. The minimum atomic E-state index is -0.434. The smallest absolute Gasteiger partial charge is 0.411 e. The summed E-state index contributed by atoms with van der Waals surface area (Å²) in [6.07, 6.45) is 5.52. The lowest BCUT2D eigenvalue weighted by molar-refractivity contribution is 0.0975. The number of nitrogens with zero attached hydrogens (tertiary/aromatic N) is 2. The monoisotopic (exact) mass is 453 g/mol. The van der Waals surface area contributed by atoms with E-state index in [0.717, 1.165) is 45.7 Å². The van der Waals surface area contributed by atoms with Gasteiger partial charge in [0.25, 0.3) is 0 Å². The number of para-hydroxylation sites is 2. The van der Waals surface area contributed by atoms with Crippen LogP contribution in [0.5, 0.6) is 5.75 Å². The lowest BCUT2D eigenvalue weighted by Gasteiger charge is -2.34. The normalized spacial score (nSPS) is 14.7. The molecule has 2 aromatic carbocycles. The highest BCUT2D eigenvalue weighted by molar-refractivity contribution is 5.86. The first-order valence-electron chi connectivity index (χ1n) is 12.4. The molecular weight excluding hydrogens is 414 g/mol. The second-order valence-corrected chi connectivity index (χ2v) is 8.62. The molecule has 180 valence electrons. The van der Waals surface area contributed by atoms with Crippen LogP contribution in [0.4, 0.5) is 10.5 Å². The van der Waals surface area contributed by atoms with Crippen LogP contribution in [0, 0.1) is 0 Å². The Morgan fingerprint density at radius 3 is 2.33 bits per heavy atom. The van der Waals surface area contributed by atoms with Gasteiger partial charge >= 0.3 is 6.09 Å². The zero-order valence-electron chi connectivity index (χ0n) is 20.0. The number of amides is 1. The van der Waals surface area contributed by atoms with Gasteiger partial charge in [0.05, 0.1) is 12.3 Å². The zero-order valence-corrected chi connectivity index (χ0v) is 20.0. The van der Waals surface area contributed by atoms with Crippen LogP contribution >= 0.6 is 0 Å². The number of ether oxygens (including phenoxy) is 2. The van der Waals surface area contributed by atoms with E-state index < -0.39 is 6.09 Å². The predicted octanol–water partition coefficient (Wildman–Crippen LogP) is 5.40. The Hall–Kier alpha value is -2.57. The number of anilines is 1. The molecule has 1 N–H and O–H groups in total. The van der Waals surface area contributed by atoms with Crippen LogP contribution in [0.15, 0.2) is 54.6 Å². The summed E-state index contributed by atoms with van der Waals surface area (Å²) in [7, 11) is 0. The number of nitrogens with one attached hydrogen (secondary N) is 1. The fraction of sp³-hybridized carbons (Fsp3) is 0.519. The van der Waals surface area contributed by atoms with Crippen LogP contribution in [0.25, 0.3) is 0 Å². The van der Waals surface area contributed by atoms with E-state index in [1.165, 1.54) is 31.2 Å². The van der Waals surface area contributed by atoms with E-state index in [-0.39, 0.29) is 0 Å². The van der Waals surface area contributed by atoms with Crippen molar-refractivity contribution in [1.82, 2.24) is 9.80 Å². The number of carbonyl (C=O) groups excluding carboxylic acids is 1. The van der Waals surface area contributed by atoms with Crippen LogP contribution in [0.3, 0.4) is 0 Å². The highest BCUT2D eigenvalue weighted by Crippen LogP contribution is 2.24. The second-order valence-electron chi connectivity index (χ2n) is 8.62. The highest BCUT2D eigenvalue weighted by atomic mass is 16.5. The lowest BCUT2D eigenvalue weighted by atomic mass is 10.2. The number of benzene rings is 2. The van der Waals surface area contributed by atoms with Crippen LogP contribution < -0.4 is 10.1 Å². The Kier molecular flexibility index (Phi) is 11.1. The van der Waals surface area contributed by atoms with Crippen LogP contribution in [-0.4, -0.2) is 61.8 Å². The third-order valence-corrected chi connectivity index (χ3v) is 5.98. The average molecular weight is 454 g/mol. The molecule has 1 aliphatic heterocycles. The summed E-state index contributed by atoms with van der Waals surface area (Å²) in [4.78, 5) is 17.1. The van der Waals surface area contributed by atoms with Crippen LogP contribution in [0.1, 0.15) is 44.6 Å². The number of hydrogen-bond acceptors (Lipinski definition) is 5. The summed E-state index contributed by atoms with van der Waals surface area (Å²) in [5, 5.41) is 2.83. The molecule has 1 aliphatic rings. The molecule has 0 saturated carbocycles. The first-order chi connectivity index (χ1) is 16.2. The van der Waals surface area contributed by atoms with E-state index in [0.29, 0.717) is 24.7 Å². The first-order valence-corrected chi connectivity index (χ1v) is 12.4. The fourth-order valence-electron chi connectivity index (χ4n) is 4.01. The van der Waals surface area contributed by atoms with Gasteiger partial charge in [-0.1, -0.05) is 75.1 Å². The zero-order chi connectivity index (χ0) is 23.1. The SMILES string of the molecule is CCCCCCCOc1ccccc1NC(=O)OCCN1CCN(Cc2ccccc2)CC1. The Morgan fingerprint density at radius 2 is 1.55 bits per heavy atom.